The molecule has 6 nitrogen and oxygen atoms in total. The maximum absolute atomic E-state index is 14.6. The van der Waals surface area contributed by atoms with Gasteiger partial charge in [-0.05, 0) is 43.5 Å². The fourth-order valence-electron chi connectivity index (χ4n) is 7.49. The Morgan fingerprint density at radius 1 is 0.886 bits per heavy atom. The summed E-state index contributed by atoms with van der Waals surface area (Å²) in [5.74, 6) is -1.47. The highest BCUT2D eigenvalue weighted by atomic mass is 16.2. The Bertz CT molecular complexity index is 1430. The maximum Gasteiger partial charge on any atom is 0.250 e. The van der Waals surface area contributed by atoms with Gasteiger partial charge in [0.1, 0.15) is 11.0 Å². The van der Waals surface area contributed by atoms with Crippen molar-refractivity contribution in [1.29, 1.82) is 0 Å². The summed E-state index contributed by atoms with van der Waals surface area (Å²) in [5.41, 5.74) is 2.16. The number of carbonyl (C=O) groups excluding carboxylic acids is 3. The minimum atomic E-state index is -1.26. The minimum Gasteiger partial charge on any atom is -0.325 e. The van der Waals surface area contributed by atoms with E-state index >= 15 is 0 Å². The molecule has 0 bridgehead atoms. The van der Waals surface area contributed by atoms with Gasteiger partial charge in [0.25, 0.3) is 0 Å². The van der Waals surface area contributed by atoms with Crippen molar-refractivity contribution in [3.63, 3.8) is 0 Å². The van der Waals surface area contributed by atoms with Gasteiger partial charge in [0, 0.05) is 28.5 Å². The van der Waals surface area contributed by atoms with Crippen LogP contribution in [0.3, 0.4) is 0 Å². The van der Waals surface area contributed by atoms with E-state index in [0.717, 1.165) is 40.9 Å². The van der Waals surface area contributed by atoms with Crippen molar-refractivity contribution in [3.8, 4) is 0 Å². The molecule has 3 aromatic carbocycles. The third-order valence-electron chi connectivity index (χ3n) is 8.69. The monoisotopic (exact) mass is 463 g/mol. The zero-order chi connectivity index (χ0) is 23.9. The molecule has 174 valence electrons. The zero-order valence-corrected chi connectivity index (χ0v) is 19.4. The highest BCUT2D eigenvalue weighted by Crippen LogP contribution is 2.66. The molecule has 2 fully saturated rings. The molecule has 0 aromatic heterocycles. The van der Waals surface area contributed by atoms with Gasteiger partial charge < -0.3 is 10.6 Å². The second kappa shape index (κ2) is 6.89. The quantitative estimate of drug-likeness (QED) is 0.563. The van der Waals surface area contributed by atoms with E-state index < -0.39 is 16.9 Å². The molecule has 4 heterocycles. The van der Waals surface area contributed by atoms with Crippen LogP contribution in [0, 0.1) is 12.8 Å². The number of carbonyl (C=O) groups is 3. The number of rotatable bonds is 2. The lowest BCUT2D eigenvalue weighted by atomic mass is 9.60. The Labute approximate surface area is 203 Å². The molecule has 2 spiro atoms. The summed E-state index contributed by atoms with van der Waals surface area (Å²) >= 11 is 0. The fraction of sp³-hybridized carbons (Fsp3) is 0.276. The molecule has 0 aliphatic carbocycles. The molecule has 2 N–H and O–H groups in total. The molecule has 4 aliphatic rings. The number of hydrogen-bond donors (Lipinski definition) is 2. The smallest absolute Gasteiger partial charge is 0.250 e. The van der Waals surface area contributed by atoms with E-state index in [2.05, 4.69) is 15.5 Å². The Kier molecular flexibility index (Phi) is 4.05. The largest absolute Gasteiger partial charge is 0.325 e. The molecular formula is C29H25N3O3. The minimum absolute atomic E-state index is 0.170. The number of fused-ring (bicyclic) bond motifs is 7. The second-order valence-electron chi connectivity index (χ2n) is 10.1. The molecule has 2 amide bonds. The predicted molar refractivity (Wildman–Crippen MR) is 132 cm³/mol. The molecule has 2 saturated heterocycles. The maximum atomic E-state index is 14.6. The number of amides is 2. The number of nitrogens with zero attached hydrogens (tertiary/aromatic N) is 1. The van der Waals surface area contributed by atoms with E-state index in [1.54, 1.807) is 12.1 Å². The molecule has 4 atom stereocenters. The van der Waals surface area contributed by atoms with Crippen molar-refractivity contribution in [2.75, 3.05) is 17.2 Å². The first-order valence-corrected chi connectivity index (χ1v) is 12.2. The SMILES string of the molecule is Cc1cccc2c1NC(=O)[C@]21[C@H](C(=O)c2ccccc2)[C@@]2(C(=O)Nc3ccccc32)[C@H]2CCCN21. The number of ketones is 1. The molecule has 0 unspecified atom stereocenters. The Morgan fingerprint density at radius 2 is 1.63 bits per heavy atom. The summed E-state index contributed by atoms with van der Waals surface area (Å²) in [6.07, 6.45) is 1.61. The van der Waals surface area contributed by atoms with Crippen LogP contribution < -0.4 is 10.6 Å². The highest BCUT2D eigenvalue weighted by Gasteiger charge is 2.78. The van der Waals surface area contributed by atoms with Gasteiger partial charge in [0.15, 0.2) is 5.78 Å². The lowest BCUT2D eigenvalue weighted by Crippen LogP contribution is -2.55. The number of Topliss-reactive ketones (excluding diaryl/α,β-unsaturated/α-hetero) is 1. The fourth-order valence-corrected chi connectivity index (χ4v) is 7.49. The summed E-state index contributed by atoms with van der Waals surface area (Å²) in [5, 5.41) is 6.21. The Morgan fingerprint density at radius 3 is 2.46 bits per heavy atom. The number of aryl methyl sites for hydroxylation is 1. The van der Waals surface area contributed by atoms with Crippen LogP contribution in [-0.4, -0.2) is 35.1 Å². The van der Waals surface area contributed by atoms with Gasteiger partial charge in [0.2, 0.25) is 11.8 Å². The highest BCUT2D eigenvalue weighted by molar-refractivity contribution is 6.19. The summed E-state index contributed by atoms with van der Waals surface area (Å²) in [6, 6.07) is 22.4. The first kappa shape index (κ1) is 20.6. The van der Waals surface area contributed by atoms with Crippen LogP contribution in [0.25, 0.3) is 0 Å². The van der Waals surface area contributed by atoms with E-state index in [-0.39, 0.29) is 23.6 Å². The van der Waals surface area contributed by atoms with Gasteiger partial charge in [-0.2, -0.15) is 0 Å². The standard InChI is InChI=1S/C29H25N3O3/c1-17-9-7-13-20-23(17)31-27(35)29(20)25(24(33)18-10-3-2-4-11-18)28(22-15-8-16-32(22)29)19-12-5-6-14-21(19)30-26(28)34/h2-7,9-14,22,25H,8,15-16H2,1H3,(H,30,34)(H,31,35)/t22-,25-,28+,29-/m1/s1. The second-order valence-corrected chi connectivity index (χ2v) is 10.1. The first-order valence-electron chi connectivity index (χ1n) is 12.2. The summed E-state index contributed by atoms with van der Waals surface area (Å²) < 4.78 is 0. The van der Waals surface area contributed by atoms with Gasteiger partial charge in [-0.3, -0.25) is 19.3 Å². The molecule has 6 heteroatoms. The third-order valence-corrected chi connectivity index (χ3v) is 8.69. The molecule has 35 heavy (non-hydrogen) atoms. The van der Waals surface area contributed by atoms with Crippen molar-refractivity contribution < 1.29 is 14.4 Å². The van der Waals surface area contributed by atoms with Crippen molar-refractivity contribution in [3.05, 3.63) is 95.1 Å². The van der Waals surface area contributed by atoms with Crippen LogP contribution in [0.15, 0.2) is 72.8 Å². The summed E-state index contributed by atoms with van der Waals surface area (Å²) in [4.78, 5) is 45.2. The van der Waals surface area contributed by atoms with Gasteiger partial charge in [-0.15, -0.1) is 0 Å². The van der Waals surface area contributed by atoms with E-state index in [9.17, 15) is 14.4 Å². The molecule has 0 radical (unpaired) electrons. The number of para-hydroxylation sites is 2. The lowest BCUT2D eigenvalue weighted by Gasteiger charge is -2.38. The van der Waals surface area contributed by atoms with E-state index in [0.29, 0.717) is 12.1 Å². The van der Waals surface area contributed by atoms with Gasteiger partial charge >= 0.3 is 0 Å². The first-order chi connectivity index (χ1) is 17.0. The number of hydrogen-bond acceptors (Lipinski definition) is 4. The van der Waals surface area contributed by atoms with Gasteiger partial charge in [0.05, 0.1) is 5.92 Å². The Balaban J connectivity index is 1.60. The van der Waals surface area contributed by atoms with Crippen LogP contribution >= 0.6 is 0 Å². The molecular weight excluding hydrogens is 438 g/mol. The van der Waals surface area contributed by atoms with Crippen LogP contribution in [0.4, 0.5) is 11.4 Å². The topological polar surface area (TPSA) is 78.5 Å². The zero-order valence-electron chi connectivity index (χ0n) is 19.4. The Hall–Kier alpha value is -3.77. The number of anilines is 2. The van der Waals surface area contributed by atoms with Crippen molar-refractivity contribution in [1.82, 2.24) is 4.90 Å². The molecule has 7 rings (SSSR count). The van der Waals surface area contributed by atoms with Crippen LogP contribution in [0.1, 0.15) is 39.9 Å². The van der Waals surface area contributed by atoms with Crippen LogP contribution in [0.2, 0.25) is 0 Å². The van der Waals surface area contributed by atoms with Gasteiger partial charge in [-0.1, -0.05) is 66.7 Å². The predicted octanol–water partition coefficient (Wildman–Crippen LogP) is 4.01. The summed E-state index contributed by atoms with van der Waals surface area (Å²) in [7, 11) is 0. The van der Waals surface area contributed by atoms with E-state index in [4.69, 9.17) is 0 Å². The van der Waals surface area contributed by atoms with Gasteiger partial charge in [-0.25, -0.2) is 0 Å². The van der Waals surface area contributed by atoms with Crippen molar-refractivity contribution in [2.24, 2.45) is 5.92 Å². The average molecular weight is 464 g/mol. The number of nitrogens with one attached hydrogen (secondary N) is 2. The third kappa shape index (κ3) is 2.26. The van der Waals surface area contributed by atoms with E-state index in [1.807, 2.05) is 67.6 Å². The lowest BCUT2D eigenvalue weighted by molar-refractivity contribution is -0.128. The number of benzene rings is 3. The molecule has 0 saturated carbocycles. The molecule has 3 aromatic rings. The molecule has 4 aliphatic heterocycles. The van der Waals surface area contributed by atoms with Crippen molar-refractivity contribution in [2.45, 2.75) is 36.8 Å². The van der Waals surface area contributed by atoms with Crippen molar-refractivity contribution >= 4 is 29.0 Å². The summed E-state index contributed by atoms with van der Waals surface area (Å²) in [6.45, 7) is 2.62. The average Bonchev–Trinajstić information content (AvgIpc) is 3.59. The van der Waals surface area contributed by atoms with Crippen LogP contribution in [-0.2, 0) is 20.5 Å². The van der Waals surface area contributed by atoms with E-state index in [1.165, 1.54) is 0 Å². The normalized spacial score (nSPS) is 30.3. The van der Waals surface area contributed by atoms with Crippen LogP contribution in [0.5, 0.6) is 0 Å².